The number of aliphatic hydroxyl groups excluding tert-OH is 1. The molecule has 0 unspecified atom stereocenters. The first kappa shape index (κ1) is 12.9. The highest BCUT2D eigenvalue weighted by atomic mass is 16.3. The third-order valence-electron chi connectivity index (χ3n) is 1.61. The summed E-state index contributed by atoms with van der Waals surface area (Å²) < 4.78 is 0. The van der Waals surface area contributed by atoms with E-state index < -0.39 is 0 Å². The maximum absolute atomic E-state index is 11.1. The molecule has 0 saturated heterocycles. The van der Waals surface area contributed by atoms with Gasteiger partial charge in [0.05, 0.1) is 13.2 Å². The first-order valence-electron chi connectivity index (χ1n) is 4.48. The molecular formula is C8H17N3O3. The van der Waals surface area contributed by atoms with Crippen molar-refractivity contribution in [1.29, 1.82) is 0 Å². The van der Waals surface area contributed by atoms with Crippen LogP contribution in [0.3, 0.4) is 0 Å². The van der Waals surface area contributed by atoms with Crippen molar-refractivity contribution < 1.29 is 14.7 Å². The maximum atomic E-state index is 11.1. The van der Waals surface area contributed by atoms with Gasteiger partial charge in [-0.25, -0.2) is 0 Å². The van der Waals surface area contributed by atoms with Crippen LogP contribution in [-0.4, -0.2) is 48.1 Å². The quantitative estimate of drug-likeness (QED) is 0.473. The number of aliphatic hydroxyl groups is 1. The van der Waals surface area contributed by atoms with Crippen molar-refractivity contribution in [3.05, 3.63) is 0 Å². The monoisotopic (exact) mass is 203 g/mol. The summed E-state index contributed by atoms with van der Waals surface area (Å²) in [6, 6.07) is 0. The van der Waals surface area contributed by atoms with Gasteiger partial charge in [0, 0.05) is 13.5 Å². The average molecular weight is 203 g/mol. The first-order valence-corrected chi connectivity index (χ1v) is 4.48. The topological polar surface area (TPSA) is 81.7 Å². The number of hydrogen-bond acceptors (Lipinski definition) is 4. The predicted molar refractivity (Wildman–Crippen MR) is 51.2 cm³/mol. The van der Waals surface area contributed by atoms with Crippen molar-refractivity contribution in [2.45, 2.75) is 13.8 Å². The molecule has 0 heterocycles. The maximum Gasteiger partial charge on any atom is 0.252 e. The van der Waals surface area contributed by atoms with Gasteiger partial charge in [0.15, 0.2) is 0 Å². The standard InChI is InChI=1S/C8H17N3O3/c1-3-11(4-5-12)6-8(14)10-9-7(2)13/h12H,3-6H2,1-2H3,(H,9,13)(H,10,14). The smallest absolute Gasteiger partial charge is 0.252 e. The molecule has 6 nitrogen and oxygen atoms in total. The zero-order valence-electron chi connectivity index (χ0n) is 8.54. The second-order valence-electron chi connectivity index (χ2n) is 2.82. The Morgan fingerprint density at radius 3 is 2.43 bits per heavy atom. The molecular weight excluding hydrogens is 186 g/mol. The largest absolute Gasteiger partial charge is 0.395 e. The lowest BCUT2D eigenvalue weighted by atomic mass is 10.4. The van der Waals surface area contributed by atoms with Gasteiger partial charge in [0.2, 0.25) is 5.91 Å². The van der Waals surface area contributed by atoms with Gasteiger partial charge in [0.25, 0.3) is 5.91 Å². The third-order valence-corrected chi connectivity index (χ3v) is 1.61. The summed E-state index contributed by atoms with van der Waals surface area (Å²) in [7, 11) is 0. The molecule has 2 amide bonds. The number of amides is 2. The summed E-state index contributed by atoms with van der Waals surface area (Å²) in [5.41, 5.74) is 4.43. The van der Waals surface area contributed by atoms with Crippen LogP contribution < -0.4 is 10.9 Å². The molecule has 0 aliphatic carbocycles. The van der Waals surface area contributed by atoms with Gasteiger partial charge < -0.3 is 5.11 Å². The molecule has 82 valence electrons. The van der Waals surface area contributed by atoms with Crippen molar-refractivity contribution in [2.24, 2.45) is 0 Å². The average Bonchev–Trinajstić information content (AvgIpc) is 2.14. The van der Waals surface area contributed by atoms with Crippen LogP contribution in [0, 0.1) is 0 Å². The fourth-order valence-electron chi connectivity index (χ4n) is 0.891. The van der Waals surface area contributed by atoms with Gasteiger partial charge in [0.1, 0.15) is 0 Å². The Balaban J connectivity index is 3.72. The number of rotatable bonds is 5. The van der Waals surface area contributed by atoms with E-state index in [0.717, 1.165) is 0 Å². The van der Waals surface area contributed by atoms with Crippen LogP contribution in [0.1, 0.15) is 13.8 Å². The zero-order chi connectivity index (χ0) is 11.0. The Morgan fingerprint density at radius 1 is 1.36 bits per heavy atom. The zero-order valence-corrected chi connectivity index (χ0v) is 8.54. The van der Waals surface area contributed by atoms with Gasteiger partial charge >= 0.3 is 0 Å². The molecule has 0 aromatic rings. The minimum Gasteiger partial charge on any atom is -0.395 e. The molecule has 0 fully saturated rings. The van der Waals surface area contributed by atoms with E-state index in [-0.39, 0.29) is 25.0 Å². The Morgan fingerprint density at radius 2 is 2.00 bits per heavy atom. The lowest BCUT2D eigenvalue weighted by Gasteiger charge is -2.18. The SMILES string of the molecule is CCN(CCO)CC(=O)NNC(C)=O. The van der Waals surface area contributed by atoms with Crippen LogP contribution >= 0.6 is 0 Å². The third kappa shape index (κ3) is 6.38. The second kappa shape index (κ2) is 7.28. The highest BCUT2D eigenvalue weighted by Crippen LogP contribution is 1.85. The normalized spacial score (nSPS) is 10.0. The molecule has 0 atom stereocenters. The molecule has 0 spiro atoms. The van der Waals surface area contributed by atoms with E-state index in [9.17, 15) is 9.59 Å². The van der Waals surface area contributed by atoms with E-state index in [1.165, 1.54) is 6.92 Å². The van der Waals surface area contributed by atoms with Crippen molar-refractivity contribution >= 4 is 11.8 Å². The van der Waals surface area contributed by atoms with Crippen LogP contribution in [0.2, 0.25) is 0 Å². The van der Waals surface area contributed by atoms with Crippen LogP contribution in [0.4, 0.5) is 0 Å². The van der Waals surface area contributed by atoms with Crippen LogP contribution in [-0.2, 0) is 9.59 Å². The Labute approximate surface area is 83.2 Å². The molecule has 0 rings (SSSR count). The Bertz CT molecular complexity index is 196. The molecule has 0 radical (unpaired) electrons. The van der Waals surface area contributed by atoms with Gasteiger partial charge in [-0.2, -0.15) is 0 Å². The van der Waals surface area contributed by atoms with E-state index in [1.807, 2.05) is 6.92 Å². The summed E-state index contributed by atoms with van der Waals surface area (Å²) in [4.78, 5) is 23.4. The van der Waals surface area contributed by atoms with Gasteiger partial charge in [-0.05, 0) is 6.54 Å². The molecule has 0 aromatic heterocycles. The van der Waals surface area contributed by atoms with E-state index >= 15 is 0 Å². The van der Waals surface area contributed by atoms with Crippen LogP contribution in [0.5, 0.6) is 0 Å². The second-order valence-corrected chi connectivity index (χ2v) is 2.82. The lowest BCUT2D eigenvalue weighted by molar-refractivity contribution is -0.128. The van der Waals surface area contributed by atoms with Gasteiger partial charge in [-0.15, -0.1) is 0 Å². The highest BCUT2D eigenvalue weighted by molar-refractivity contribution is 5.81. The number of nitrogens with zero attached hydrogens (tertiary/aromatic N) is 1. The summed E-state index contributed by atoms with van der Waals surface area (Å²) in [5.74, 6) is -0.612. The molecule has 0 aromatic carbocycles. The van der Waals surface area contributed by atoms with Gasteiger partial charge in [-0.3, -0.25) is 25.3 Å². The fourth-order valence-corrected chi connectivity index (χ4v) is 0.891. The van der Waals surface area contributed by atoms with Crippen molar-refractivity contribution in [3.8, 4) is 0 Å². The molecule has 0 saturated carbocycles. The van der Waals surface area contributed by atoms with E-state index in [0.29, 0.717) is 13.1 Å². The van der Waals surface area contributed by atoms with E-state index in [2.05, 4.69) is 10.9 Å². The molecule has 0 aliphatic heterocycles. The number of carbonyl (C=O) groups excluding carboxylic acids is 2. The van der Waals surface area contributed by atoms with Gasteiger partial charge in [-0.1, -0.05) is 6.92 Å². The van der Waals surface area contributed by atoms with Crippen LogP contribution in [0.25, 0.3) is 0 Å². The summed E-state index contributed by atoms with van der Waals surface area (Å²) in [6.45, 7) is 4.50. The summed E-state index contributed by atoms with van der Waals surface area (Å²) in [5, 5.41) is 8.66. The molecule has 14 heavy (non-hydrogen) atoms. The highest BCUT2D eigenvalue weighted by Gasteiger charge is 2.07. The molecule has 3 N–H and O–H groups in total. The number of likely N-dealkylation sites (N-methyl/N-ethyl adjacent to an activating group) is 1. The predicted octanol–water partition coefficient (Wildman–Crippen LogP) is -1.53. The van der Waals surface area contributed by atoms with E-state index in [1.54, 1.807) is 4.90 Å². The number of carbonyl (C=O) groups is 2. The number of hydrazine groups is 1. The number of nitrogens with one attached hydrogen (secondary N) is 2. The van der Waals surface area contributed by atoms with Crippen molar-refractivity contribution in [2.75, 3.05) is 26.2 Å². The van der Waals surface area contributed by atoms with Crippen molar-refractivity contribution in [1.82, 2.24) is 15.8 Å². The first-order chi connectivity index (χ1) is 6.60. The lowest BCUT2D eigenvalue weighted by Crippen LogP contribution is -2.46. The molecule has 0 bridgehead atoms. The molecule has 6 heteroatoms. The Hall–Kier alpha value is -1.14. The summed E-state index contributed by atoms with van der Waals surface area (Å²) in [6.07, 6.45) is 0. The minimum absolute atomic E-state index is 0.0151. The Kier molecular flexibility index (Phi) is 6.69. The molecule has 0 aliphatic rings. The summed E-state index contributed by atoms with van der Waals surface area (Å²) >= 11 is 0. The fraction of sp³-hybridized carbons (Fsp3) is 0.750. The van der Waals surface area contributed by atoms with Crippen molar-refractivity contribution in [3.63, 3.8) is 0 Å². The minimum atomic E-state index is -0.316. The van der Waals surface area contributed by atoms with Crippen LogP contribution in [0.15, 0.2) is 0 Å². The van der Waals surface area contributed by atoms with E-state index in [4.69, 9.17) is 5.11 Å². The number of hydrogen-bond donors (Lipinski definition) is 3.